The fourth-order valence-corrected chi connectivity index (χ4v) is 4.88. The molecule has 1 aliphatic heterocycles. The van der Waals surface area contributed by atoms with Crippen LogP contribution in [0.5, 0.6) is 0 Å². The first-order valence-electron chi connectivity index (χ1n) is 10.1. The summed E-state index contributed by atoms with van der Waals surface area (Å²) in [5.74, 6) is -0.182. The number of likely N-dealkylation sites (tertiary alicyclic amines) is 1. The molecule has 0 saturated carbocycles. The number of thiazole rings is 1. The number of amides is 2. The SMILES string of the molecule is CC(C)OC(=O)CC1CCCN(C(=O)Cc2csc(NC(=O)Cc3cccs3)n2)C1. The topological polar surface area (TPSA) is 88.6 Å². The number of carbonyl (C=O) groups is 3. The number of thiophene rings is 1. The Kier molecular flexibility index (Phi) is 7.98. The summed E-state index contributed by atoms with van der Waals surface area (Å²) in [5, 5.41) is 7.05. The Morgan fingerprint density at radius 1 is 1.30 bits per heavy atom. The second-order valence-electron chi connectivity index (χ2n) is 7.72. The lowest BCUT2D eigenvalue weighted by Gasteiger charge is -2.32. The second kappa shape index (κ2) is 10.7. The monoisotopic (exact) mass is 449 g/mol. The smallest absolute Gasteiger partial charge is 0.306 e. The number of nitrogens with one attached hydrogen (secondary N) is 1. The highest BCUT2D eigenvalue weighted by Crippen LogP contribution is 2.22. The van der Waals surface area contributed by atoms with Gasteiger partial charge in [-0.15, -0.1) is 22.7 Å². The van der Waals surface area contributed by atoms with Crippen molar-refractivity contribution in [3.63, 3.8) is 0 Å². The molecule has 9 heteroatoms. The molecule has 3 heterocycles. The molecule has 0 aromatic carbocycles. The molecule has 1 atom stereocenters. The van der Waals surface area contributed by atoms with Gasteiger partial charge in [-0.05, 0) is 44.1 Å². The van der Waals surface area contributed by atoms with Gasteiger partial charge in [-0.2, -0.15) is 0 Å². The number of esters is 1. The van der Waals surface area contributed by atoms with Gasteiger partial charge in [0, 0.05) is 23.3 Å². The van der Waals surface area contributed by atoms with E-state index in [9.17, 15) is 14.4 Å². The highest BCUT2D eigenvalue weighted by Gasteiger charge is 2.26. The molecule has 0 aliphatic carbocycles. The average molecular weight is 450 g/mol. The Morgan fingerprint density at radius 2 is 2.13 bits per heavy atom. The first-order chi connectivity index (χ1) is 14.4. The van der Waals surface area contributed by atoms with E-state index in [2.05, 4.69) is 10.3 Å². The summed E-state index contributed by atoms with van der Waals surface area (Å²) in [6.07, 6.45) is 2.54. The number of nitrogens with zero attached hydrogens (tertiary/aromatic N) is 2. The van der Waals surface area contributed by atoms with Gasteiger partial charge in [0.05, 0.1) is 31.1 Å². The number of rotatable bonds is 8. The van der Waals surface area contributed by atoms with Crippen LogP contribution in [0, 0.1) is 5.92 Å². The van der Waals surface area contributed by atoms with Crippen molar-refractivity contribution in [2.45, 2.75) is 52.1 Å². The van der Waals surface area contributed by atoms with E-state index in [1.807, 2.05) is 36.3 Å². The maximum absolute atomic E-state index is 12.7. The summed E-state index contributed by atoms with van der Waals surface area (Å²) < 4.78 is 5.23. The summed E-state index contributed by atoms with van der Waals surface area (Å²) in [6.45, 7) is 4.94. The molecular formula is C21H27N3O4S2. The molecule has 1 saturated heterocycles. The van der Waals surface area contributed by atoms with Gasteiger partial charge in [0.2, 0.25) is 11.8 Å². The van der Waals surface area contributed by atoms with Crippen molar-refractivity contribution in [3.05, 3.63) is 33.5 Å². The van der Waals surface area contributed by atoms with Crippen molar-refractivity contribution in [3.8, 4) is 0 Å². The minimum atomic E-state index is -0.202. The lowest BCUT2D eigenvalue weighted by atomic mass is 9.94. The molecular weight excluding hydrogens is 422 g/mol. The van der Waals surface area contributed by atoms with Gasteiger partial charge in [-0.3, -0.25) is 14.4 Å². The molecule has 1 fully saturated rings. The highest BCUT2D eigenvalue weighted by atomic mass is 32.1. The largest absolute Gasteiger partial charge is 0.463 e. The molecule has 162 valence electrons. The number of piperidine rings is 1. The van der Waals surface area contributed by atoms with Crippen LogP contribution in [-0.4, -0.2) is 46.9 Å². The predicted octanol–water partition coefficient (Wildman–Crippen LogP) is 3.51. The Bertz CT molecular complexity index is 863. The Hall–Kier alpha value is -2.26. The molecule has 1 aliphatic rings. The van der Waals surface area contributed by atoms with Crippen LogP contribution in [0.25, 0.3) is 0 Å². The summed E-state index contributed by atoms with van der Waals surface area (Å²) in [5.41, 5.74) is 0.651. The zero-order chi connectivity index (χ0) is 21.5. The fraction of sp³-hybridized carbons (Fsp3) is 0.524. The van der Waals surface area contributed by atoms with Gasteiger partial charge < -0.3 is 15.0 Å². The van der Waals surface area contributed by atoms with Gasteiger partial charge >= 0.3 is 5.97 Å². The number of hydrogen-bond donors (Lipinski definition) is 1. The highest BCUT2D eigenvalue weighted by molar-refractivity contribution is 7.14. The standard InChI is InChI=1S/C21H27N3O4S2/c1-14(2)28-20(27)9-15-5-3-7-24(12-15)19(26)10-16-13-30-21(22-16)23-18(25)11-17-6-4-8-29-17/h4,6,8,13-15H,3,5,7,9-12H2,1-2H3,(H,22,23,25). The van der Waals surface area contributed by atoms with Gasteiger partial charge in [-0.1, -0.05) is 6.07 Å². The third kappa shape index (κ3) is 6.91. The van der Waals surface area contributed by atoms with Crippen LogP contribution in [0.4, 0.5) is 5.13 Å². The molecule has 1 unspecified atom stereocenters. The van der Waals surface area contributed by atoms with Crippen LogP contribution in [0.3, 0.4) is 0 Å². The summed E-state index contributed by atoms with van der Waals surface area (Å²) in [6, 6.07) is 3.84. The third-order valence-corrected chi connectivity index (χ3v) is 6.42. The van der Waals surface area contributed by atoms with Crippen LogP contribution in [0.1, 0.15) is 43.7 Å². The molecule has 2 amide bonds. The Morgan fingerprint density at radius 3 is 2.87 bits per heavy atom. The van der Waals surface area contributed by atoms with Crippen molar-refractivity contribution in [2.75, 3.05) is 18.4 Å². The molecule has 7 nitrogen and oxygen atoms in total. The van der Waals surface area contributed by atoms with E-state index >= 15 is 0 Å². The quantitative estimate of drug-likeness (QED) is 0.623. The molecule has 0 bridgehead atoms. The number of aromatic nitrogens is 1. The molecule has 0 radical (unpaired) electrons. The number of hydrogen-bond acceptors (Lipinski definition) is 7. The third-order valence-electron chi connectivity index (χ3n) is 4.74. The zero-order valence-corrected chi connectivity index (χ0v) is 18.9. The average Bonchev–Trinajstić information content (AvgIpc) is 3.33. The first-order valence-corrected chi connectivity index (χ1v) is 11.9. The van der Waals surface area contributed by atoms with Crippen LogP contribution >= 0.6 is 22.7 Å². The molecule has 2 aromatic heterocycles. The van der Waals surface area contributed by atoms with Gasteiger partial charge in [-0.25, -0.2) is 4.98 Å². The molecule has 2 aromatic rings. The molecule has 30 heavy (non-hydrogen) atoms. The van der Waals surface area contributed by atoms with Crippen molar-refractivity contribution < 1.29 is 19.1 Å². The van der Waals surface area contributed by atoms with Crippen molar-refractivity contribution >= 4 is 45.6 Å². The van der Waals surface area contributed by atoms with Crippen LogP contribution in [0.15, 0.2) is 22.9 Å². The first kappa shape index (κ1) is 22.4. The zero-order valence-electron chi connectivity index (χ0n) is 17.3. The van der Waals surface area contributed by atoms with Crippen LogP contribution < -0.4 is 5.32 Å². The van der Waals surface area contributed by atoms with E-state index in [1.54, 1.807) is 16.7 Å². The Labute approximate surface area is 184 Å². The summed E-state index contributed by atoms with van der Waals surface area (Å²) >= 11 is 2.86. The minimum absolute atomic E-state index is 0.00121. The van der Waals surface area contributed by atoms with E-state index in [0.717, 1.165) is 17.7 Å². The number of ether oxygens (including phenoxy) is 1. The van der Waals surface area contributed by atoms with Gasteiger partial charge in [0.25, 0.3) is 0 Å². The van der Waals surface area contributed by atoms with Gasteiger partial charge in [0.1, 0.15) is 0 Å². The fourth-order valence-electron chi connectivity index (χ4n) is 3.45. The maximum atomic E-state index is 12.7. The molecule has 1 N–H and O–H groups in total. The van der Waals surface area contributed by atoms with E-state index in [4.69, 9.17) is 4.74 Å². The number of anilines is 1. The minimum Gasteiger partial charge on any atom is -0.463 e. The van der Waals surface area contributed by atoms with E-state index < -0.39 is 0 Å². The Balaban J connectivity index is 1.47. The van der Waals surface area contributed by atoms with Crippen LogP contribution in [0.2, 0.25) is 0 Å². The number of carbonyl (C=O) groups excluding carboxylic acids is 3. The normalized spacial score (nSPS) is 16.5. The van der Waals surface area contributed by atoms with Gasteiger partial charge in [0.15, 0.2) is 5.13 Å². The van der Waals surface area contributed by atoms with Crippen molar-refractivity contribution in [1.82, 2.24) is 9.88 Å². The maximum Gasteiger partial charge on any atom is 0.306 e. The second-order valence-corrected chi connectivity index (χ2v) is 9.61. The van der Waals surface area contributed by atoms with Crippen molar-refractivity contribution in [2.24, 2.45) is 5.92 Å². The van der Waals surface area contributed by atoms with E-state index in [1.165, 1.54) is 11.3 Å². The molecule has 0 spiro atoms. The van der Waals surface area contributed by atoms with Crippen molar-refractivity contribution in [1.29, 1.82) is 0 Å². The summed E-state index contributed by atoms with van der Waals surface area (Å²) in [4.78, 5) is 43.9. The van der Waals surface area contributed by atoms with Crippen LogP contribution in [-0.2, 0) is 32.0 Å². The molecule has 3 rings (SSSR count). The van der Waals surface area contributed by atoms with E-state index in [-0.39, 0.29) is 36.2 Å². The lowest BCUT2D eigenvalue weighted by molar-refractivity contribution is -0.149. The summed E-state index contributed by atoms with van der Waals surface area (Å²) in [7, 11) is 0. The predicted molar refractivity (Wildman–Crippen MR) is 118 cm³/mol. The lowest BCUT2D eigenvalue weighted by Crippen LogP contribution is -2.41. The van der Waals surface area contributed by atoms with E-state index in [0.29, 0.717) is 36.8 Å².